The van der Waals surface area contributed by atoms with Gasteiger partial charge in [0.25, 0.3) is 0 Å². The largest absolute Gasteiger partial charge is 0.486 e. The summed E-state index contributed by atoms with van der Waals surface area (Å²) >= 11 is 0. The van der Waals surface area contributed by atoms with Gasteiger partial charge in [0.2, 0.25) is 5.91 Å². The molecule has 0 saturated carbocycles. The van der Waals surface area contributed by atoms with Crippen LogP contribution in [-0.4, -0.2) is 41.7 Å². The van der Waals surface area contributed by atoms with Crippen LogP contribution in [0.2, 0.25) is 0 Å². The minimum atomic E-state index is -0.223. The number of ether oxygens (including phenoxy) is 2. The van der Waals surface area contributed by atoms with E-state index in [9.17, 15) is 9.59 Å². The van der Waals surface area contributed by atoms with Crippen molar-refractivity contribution in [1.29, 1.82) is 0 Å². The lowest BCUT2D eigenvalue weighted by molar-refractivity contribution is -0.131. The summed E-state index contributed by atoms with van der Waals surface area (Å²) in [7, 11) is 1.75. The van der Waals surface area contributed by atoms with Crippen molar-refractivity contribution >= 4 is 16.8 Å². The fourth-order valence-electron chi connectivity index (χ4n) is 3.22. The van der Waals surface area contributed by atoms with Crippen molar-refractivity contribution < 1.29 is 14.3 Å². The number of nitrogens with zero attached hydrogens (tertiary/aromatic N) is 2. The summed E-state index contributed by atoms with van der Waals surface area (Å²) in [5.74, 6) is 1.36. The maximum absolute atomic E-state index is 12.7. The quantitative estimate of drug-likeness (QED) is 0.713. The van der Waals surface area contributed by atoms with Gasteiger partial charge < -0.3 is 18.9 Å². The van der Waals surface area contributed by atoms with Crippen molar-refractivity contribution in [2.24, 2.45) is 0 Å². The predicted molar refractivity (Wildman–Crippen MR) is 102 cm³/mol. The smallest absolute Gasteiger partial charge is 0.242 e. The highest BCUT2D eigenvalue weighted by Crippen LogP contribution is 2.30. The molecule has 1 aliphatic heterocycles. The molecule has 1 aromatic heterocycles. The van der Waals surface area contributed by atoms with E-state index >= 15 is 0 Å². The Morgan fingerprint density at radius 1 is 1.11 bits per heavy atom. The Labute approximate surface area is 156 Å². The summed E-state index contributed by atoms with van der Waals surface area (Å²) in [6, 6.07) is 16.3. The van der Waals surface area contributed by atoms with Crippen molar-refractivity contribution in [3.63, 3.8) is 0 Å². The second-order valence-electron chi connectivity index (χ2n) is 6.60. The summed E-state index contributed by atoms with van der Waals surface area (Å²) in [4.78, 5) is 26.3. The maximum atomic E-state index is 12.7. The molecule has 6 heteroatoms. The van der Waals surface area contributed by atoms with Gasteiger partial charge in [-0.2, -0.15) is 0 Å². The molecule has 1 amide bonds. The van der Waals surface area contributed by atoms with E-state index in [1.165, 1.54) is 6.07 Å². The third-order valence-electron chi connectivity index (χ3n) is 4.66. The SMILES string of the molecule is CN(CC1COc2ccccc2O1)C(=O)Cn1ccc(=O)c2ccccc21. The van der Waals surface area contributed by atoms with Gasteiger partial charge in [0.1, 0.15) is 13.2 Å². The van der Waals surface area contributed by atoms with E-state index in [0.717, 1.165) is 11.3 Å². The summed E-state index contributed by atoms with van der Waals surface area (Å²) in [5, 5.41) is 0.607. The number of hydrogen-bond donors (Lipinski definition) is 0. The minimum Gasteiger partial charge on any atom is -0.486 e. The van der Waals surface area contributed by atoms with Crippen LogP contribution in [0.25, 0.3) is 10.9 Å². The molecule has 3 aromatic rings. The van der Waals surface area contributed by atoms with Crippen molar-refractivity contribution in [2.45, 2.75) is 12.6 Å². The molecule has 138 valence electrons. The molecule has 6 nitrogen and oxygen atoms in total. The van der Waals surface area contributed by atoms with Crippen LogP contribution in [0.4, 0.5) is 0 Å². The lowest BCUT2D eigenvalue weighted by Gasteiger charge is -2.29. The Morgan fingerprint density at radius 3 is 2.70 bits per heavy atom. The van der Waals surface area contributed by atoms with Gasteiger partial charge in [-0.05, 0) is 24.3 Å². The molecule has 1 aliphatic rings. The highest BCUT2D eigenvalue weighted by Gasteiger charge is 2.23. The van der Waals surface area contributed by atoms with Gasteiger partial charge in [0, 0.05) is 24.7 Å². The first kappa shape index (κ1) is 17.1. The third kappa shape index (κ3) is 3.51. The van der Waals surface area contributed by atoms with Crippen LogP contribution in [0.3, 0.4) is 0 Å². The molecule has 2 heterocycles. The number of hydrogen-bond acceptors (Lipinski definition) is 4. The second-order valence-corrected chi connectivity index (χ2v) is 6.60. The molecule has 0 N–H and O–H groups in total. The van der Waals surface area contributed by atoms with Gasteiger partial charge >= 0.3 is 0 Å². The van der Waals surface area contributed by atoms with Gasteiger partial charge in [0.15, 0.2) is 23.0 Å². The fourth-order valence-corrected chi connectivity index (χ4v) is 3.22. The van der Waals surface area contributed by atoms with E-state index in [2.05, 4.69) is 0 Å². The third-order valence-corrected chi connectivity index (χ3v) is 4.66. The van der Waals surface area contributed by atoms with Gasteiger partial charge in [0.05, 0.1) is 12.1 Å². The highest BCUT2D eigenvalue weighted by molar-refractivity contribution is 5.82. The van der Waals surface area contributed by atoms with E-state index in [1.54, 1.807) is 28.8 Å². The molecular formula is C21H20N2O4. The first-order valence-electron chi connectivity index (χ1n) is 8.82. The average molecular weight is 364 g/mol. The van der Waals surface area contributed by atoms with Crippen LogP contribution < -0.4 is 14.9 Å². The number of carbonyl (C=O) groups excluding carboxylic acids is 1. The summed E-state index contributed by atoms with van der Waals surface area (Å²) in [5.41, 5.74) is 0.701. The molecule has 2 aromatic carbocycles. The van der Waals surface area contributed by atoms with Crippen molar-refractivity contribution in [3.05, 3.63) is 71.0 Å². The van der Waals surface area contributed by atoms with Gasteiger partial charge in [-0.3, -0.25) is 9.59 Å². The summed E-state index contributed by atoms with van der Waals surface area (Å²) in [6.07, 6.45) is 1.44. The molecule has 0 fully saturated rings. The zero-order chi connectivity index (χ0) is 18.8. The number of amides is 1. The molecular weight excluding hydrogens is 344 g/mol. The Morgan fingerprint density at radius 2 is 1.85 bits per heavy atom. The normalized spacial score (nSPS) is 15.5. The first-order chi connectivity index (χ1) is 13.1. The Balaban J connectivity index is 1.45. The molecule has 0 saturated heterocycles. The highest BCUT2D eigenvalue weighted by atomic mass is 16.6. The molecule has 0 spiro atoms. The second kappa shape index (κ2) is 7.15. The van der Waals surface area contributed by atoms with Crippen LogP contribution in [-0.2, 0) is 11.3 Å². The summed E-state index contributed by atoms with van der Waals surface area (Å²) in [6.45, 7) is 0.975. The summed E-state index contributed by atoms with van der Waals surface area (Å²) < 4.78 is 13.4. The van der Waals surface area contributed by atoms with Crippen LogP contribution >= 0.6 is 0 Å². The topological polar surface area (TPSA) is 60.8 Å². The standard InChI is InChI=1S/C21H20N2O4/c1-22(12-15-14-26-19-8-4-5-9-20(19)27-15)21(25)13-23-11-10-18(24)16-6-2-3-7-17(16)23/h2-11,15H,12-14H2,1H3. The van der Waals surface area contributed by atoms with E-state index in [1.807, 2.05) is 42.5 Å². The van der Waals surface area contributed by atoms with E-state index in [4.69, 9.17) is 9.47 Å². The molecule has 1 atom stereocenters. The van der Waals surface area contributed by atoms with E-state index < -0.39 is 0 Å². The van der Waals surface area contributed by atoms with Crippen LogP contribution in [0, 0.1) is 0 Å². The van der Waals surface area contributed by atoms with Crippen LogP contribution in [0.5, 0.6) is 11.5 Å². The number of aromatic nitrogens is 1. The number of pyridine rings is 1. The van der Waals surface area contributed by atoms with Crippen LogP contribution in [0.15, 0.2) is 65.6 Å². The number of para-hydroxylation sites is 3. The Bertz CT molecular complexity index is 1040. The van der Waals surface area contributed by atoms with Crippen molar-refractivity contribution in [1.82, 2.24) is 9.47 Å². The van der Waals surface area contributed by atoms with E-state index in [-0.39, 0.29) is 24.0 Å². The van der Waals surface area contributed by atoms with Gasteiger partial charge in [-0.25, -0.2) is 0 Å². The number of carbonyl (C=O) groups is 1. The predicted octanol–water partition coefficient (Wildman–Crippen LogP) is 2.30. The Hall–Kier alpha value is -3.28. The lowest BCUT2D eigenvalue weighted by atomic mass is 10.2. The maximum Gasteiger partial charge on any atom is 0.242 e. The average Bonchev–Trinajstić information content (AvgIpc) is 2.70. The van der Waals surface area contributed by atoms with Crippen molar-refractivity contribution in [2.75, 3.05) is 20.2 Å². The molecule has 0 bridgehead atoms. The molecule has 4 rings (SSSR count). The minimum absolute atomic E-state index is 0.0472. The number of benzene rings is 2. The number of likely N-dealkylation sites (N-methyl/N-ethyl adjacent to an activating group) is 1. The molecule has 0 radical (unpaired) electrons. The van der Waals surface area contributed by atoms with Crippen molar-refractivity contribution in [3.8, 4) is 11.5 Å². The lowest BCUT2D eigenvalue weighted by Crippen LogP contribution is -2.42. The zero-order valence-electron chi connectivity index (χ0n) is 15.0. The monoisotopic (exact) mass is 364 g/mol. The molecule has 1 unspecified atom stereocenters. The first-order valence-corrected chi connectivity index (χ1v) is 8.82. The Kier molecular flexibility index (Phi) is 4.54. The van der Waals surface area contributed by atoms with Crippen LogP contribution in [0.1, 0.15) is 0 Å². The number of rotatable bonds is 4. The number of fused-ring (bicyclic) bond motifs is 2. The van der Waals surface area contributed by atoms with E-state index in [0.29, 0.717) is 24.3 Å². The van der Waals surface area contributed by atoms with Gasteiger partial charge in [-0.15, -0.1) is 0 Å². The molecule has 27 heavy (non-hydrogen) atoms. The fraction of sp³-hybridized carbons (Fsp3) is 0.238. The molecule has 0 aliphatic carbocycles. The zero-order valence-corrected chi connectivity index (χ0v) is 15.0. The van der Waals surface area contributed by atoms with Gasteiger partial charge in [-0.1, -0.05) is 24.3 Å².